The first-order valence-electron chi connectivity index (χ1n) is 10.3. The average molecular weight is 431 g/mol. The lowest BCUT2D eigenvalue weighted by atomic mass is 9.79. The highest BCUT2D eigenvalue weighted by Crippen LogP contribution is 2.38. The number of hydrogen-bond acceptors (Lipinski definition) is 8. The van der Waals surface area contributed by atoms with E-state index in [1.54, 1.807) is 18.7 Å². The predicted molar refractivity (Wildman–Crippen MR) is 112 cm³/mol. The number of aromatic nitrogens is 2. The first-order valence-corrected chi connectivity index (χ1v) is 10.3. The van der Waals surface area contributed by atoms with Crippen molar-refractivity contribution in [1.82, 2.24) is 15.0 Å². The third kappa shape index (κ3) is 5.55. The van der Waals surface area contributed by atoms with Crippen molar-refractivity contribution in [2.24, 2.45) is 7.05 Å². The predicted octanol–water partition coefficient (Wildman–Crippen LogP) is 2.76. The Balaban J connectivity index is 1.80. The monoisotopic (exact) mass is 431 g/mol. The Bertz CT molecular complexity index is 912. The number of hydrogen-bond donors (Lipinski definition) is 1. The molecule has 1 aliphatic carbocycles. The molecular formula is C22H29N3O6. The zero-order valence-electron chi connectivity index (χ0n) is 18.3. The minimum absolute atomic E-state index is 0.0671. The molecule has 1 fully saturated rings. The Morgan fingerprint density at radius 1 is 1.26 bits per heavy atom. The minimum atomic E-state index is -0.509. The van der Waals surface area contributed by atoms with Gasteiger partial charge in [-0.3, -0.25) is 4.79 Å². The Labute approximate surface area is 181 Å². The molecule has 3 rings (SSSR count). The van der Waals surface area contributed by atoms with E-state index in [0.717, 1.165) is 5.56 Å². The van der Waals surface area contributed by atoms with E-state index in [4.69, 9.17) is 19.0 Å². The van der Waals surface area contributed by atoms with Gasteiger partial charge < -0.3 is 23.6 Å². The summed E-state index contributed by atoms with van der Waals surface area (Å²) < 4.78 is 18.2. The van der Waals surface area contributed by atoms with Gasteiger partial charge in [-0.05, 0) is 43.9 Å². The summed E-state index contributed by atoms with van der Waals surface area (Å²) in [5.74, 6) is 0.406. The summed E-state index contributed by atoms with van der Waals surface area (Å²) in [5, 5.41) is 0. The molecule has 0 spiro atoms. The molecule has 2 aromatic rings. The lowest BCUT2D eigenvalue weighted by molar-refractivity contribution is -0.148. The molecule has 0 bridgehead atoms. The second-order valence-electron chi connectivity index (χ2n) is 7.50. The highest BCUT2D eigenvalue weighted by Gasteiger charge is 2.34. The van der Waals surface area contributed by atoms with Crippen molar-refractivity contribution in [2.45, 2.75) is 51.2 Å². The van der Waals surface area contributed by atoms with Crippen molar-refractivity contribution in [1.29, 1.82) is 0 Å². The zero-order valence-corrected chi connectivity index (χ0v) is 18.3. The van der Waals surface area contributed by atoms with Gasteiger partial charge in [-0.1, -0.05) is 6.07 Å². The van der Waals surface area contributed by atoms with Crippen LogP contribution in [-0.4, -0.2) is 47.4 Å². The van der Waals surface area contributed by atoms with E-state index in [0.29, 0.717) is 43.1 Å². The Kier molecular flexibility index (Phi) is 7.51. The van der Waals surface area contributed by atoms with Gasteiger partial charge in [0.05, 0.1) is 32.3 Å². The van der Waals surface area contributed by atoms with Crippen LogP contribution in [0.2, 0.25) is 0 Å². The van der Waals surface area contributed by atoms with Crippen LogP contribution in [0.5, 0.6) is 11.5 Å². The number of ether oxygens (including phenoxy) is 3. The van der Waals surface area contributed by atoms with Gasteiger partial charge in [-0.2, -0.15) is 0 Å². The maximum absolute atomic E-state index is 12.4. The fraction of sp³-hybridized carbons (Fsp3) is 0.500. The van der Waals surface area contributed by atoms with Crippen LogP contribution in [0.4, 0.5) is 0 Å². The number of imidazole rings is 1. The van der Waals surface area contributed by atoms with Crippen LogP contribution in [0, 0.1) is 0 Å². The first kappa shape index (κ1) is 22.6. The number of nitrogens with zero attached hydrogens (tertiary/aromatic N) is 2. The lowest BCUT2D eigenvalue weighted by Crippen LogP contribution is -2.42. The van der Waals surface area contributed by atoms with Crippen molar-refractivity contribution < 1.29 is 28.6 Å². The molecule has 3 atom stereocenters. The summed E-state index contributed by atoms with van der Waals surface area (Å²) in [5.41, 5.74) is 4.27. The fourth-order valence-electron chi connectivity index (χ4n) is 3.91. The Hall–Kier alpha value is -3.07. The number of benzene rings is 1. The summed E-state index contributed by atoms with van der Waals surface area (Å²) in [6.07, 6.45) is 4.72. The first-order chi connectivity index (χ1) is 14.9. The number of esters is 1. The third-order valence-electron chi connectivity index (χ3n) is 5.38. The van der Waals surface area contributed by atoms with E-state index in [1.807, 2.05) is 25.1 Å². The molecule has 0 saturated heterocycles. The largest absolute Gasteiger partial charge is 0.493 e. The Morgan fingerprint density at radius 2 is 2.06 bits per heavy atom. The van der Waals surface area contributed by atoms with E-state index in [1.165, 1.54) is 19.4 Å². The molecule has 1 aliphatic rings. The molecule has 0 radical (unpaired) electrons. The number of hydroxylamine groups is 1. The van der Waals surface area contributed by atoms with E-state index in [9.17, 15) is 9.59 Å². The van der Waals surface area contributed by atoms with Gasteiger partial charge in [0.25, 0.3) is 0 Å². The van der Waals surface area contributed by atoms with Crippen molar-refractivity contribution in [3.8, 4) is 11.5 Å². The van der Waals surface area contributed by atoms with Crippen LogP contribution in [0.3, 0.4) is 0 Å². The second-order valence-corrected chi connectivity index (χ2v) is 7.50. The van der Waals surface area contributed by atoms with Gasteiger partial charge >= 0.3 is 11.9 Å². The molecule has 9 heteroatoms. The van der Waals surface area contributed by atoms with Gasteiger partial charge in [0.2, 0.25) is 0 Å². The molecule has 1 aromatic heterocycles. The van der Waals surface area contributed by atoms with Crippen LogP contribution >= 0.6 is 0 Å². The van der Waals surface area contributed by atoms with Crippen LogP contribution in [0.15, 0.2) is 30.7 Å². The van der Waals surface area contributed by atoms with E-state index >= 15 is 0 Å². The van der Waals surface area contributed by atoms with Crippen molar-refractivity contribution >= 4 is 11.9 Å². The summed E-state index contributed by atoms with van der Waals surface area (Å²) in [7, 11) is 3.32. The maximum atomic E-state index is 12.4. The van der Waals surface area contributed by atoms with Gasteiger partial charge in [-0.15, -0.1) is 5.48 Å². The molecule has 3 unspecified atom stereocenters. The minimum Gasteiger partial charge on any atom is -0.493 e. The molecule has 1 saturated carbocycles. The SMILES string of the molecule is CCOc1cc(C2CC(OC(C)=O)CCC2NOC(=O)c2cncn2C)ccc1OC. The highest BCUT2D eigenvalue weighted by molar-refractivity contribution is 5.87. The fourth-order valence-corrected chi connectivity index (χ4v) is 3.91. The summed E-state index contributed by atoms with van der Waals surface area (Å²) in [6, 6.07) is 5.58. The van der Waals surface area contributed by atoms with E-state index in [2.05, 4.69) is 10.5 Å². The van der Waals surface area contributed by atoms with E-state index < -0.39 is 5.97 Å². The van der Waals surface area contributed by atoms with E-state index in [-0.39, 0.29) is 24.0 Å². The second kappa shape index (κ2) is 10.3. The Morgan fingerprint density at radius 3 is 2.71 bits per heavy atom. The lowest BCUT2D eigenvalue weighted by Gasteiger charge is -2.36. The van der Waals surface area contributed by atoms with Crippen LogP contribution in [0.25, 0.3) is 0 Å². The molecule has 1 aromatic carbocycles. The molecule has 31 heavy (non-hydrogen) atoms. The van der Waals surface area contributed by atoms with Gasteiger partial charge in [0.1, 0.15) is 11.8 Å². The maximum Gasteiger partial charge on any atom is 0.375 e. The third-order valence-corrected chi connectivity index (χ3v) is 5.38. The molecule has 0 amide bonds. The number of nitrogens with one attached hydrogen (secondary N) is 1. The number of carbonyl (C=O) groups is 2. The van der Waals surface area contributed by atoms with Crippen molar-refractivity contribution in [3.63, 3.8) is 0 Å². The summed E-state index contributed by atoms with van der Waals surface area (Å²) in [4.78, 5) is 33.2. The normalized spacial score (nSPS) is 20.7. The summed E-state index contributed by atoms with van der Waals surface area (Å²) in [6.45, 7) is 3.83. The zero-order chi connectivity index (χ0) is 22.4. The van der Waals surface area contributed by atoms with Crippen LogP contribution in [-0.2, 0) is 21.4 Å². The van der Waals surface area contributed by atoms with Crippen molar-refractivity contribution in [3.05, 3.63) is 42.0 Å². The molecular weight excluding hydrogens is 402 g/mol. The average Bonchev–Trinajstić information content (AvgIpc) is 3.18. The topological polar surface area (TPSA) is 101 Å². The smallest absolute Gasteiger partial charge is 0.375 e. The van der Waals surface area contributed by atoms with Gasteiger partial charge in [0, 0.05) is 19.9 Å². The molecule has 1 N–H and O–H groups in total. The molecule has 1 heterocycles. The number of methoxy groups -OCH3 is 1. The molecule has 168 valence electrons. The van der Waals surface area contributed by atoms with Crippen molar-refractivity contribution in [2.75, 3.05) is 13.7 Å². The number of rotatable bonds is 8. The van der Waals surface area contributed by atoms with Gasteiger partial charge in [0.15, 0.2) is 11.5 Å². The number of aryl methyl sites for hydroxylation is 1. The number of carbonyl (C=O) groups excluding carboxylic acids is 2. The quantitative estimate of drug-likeness (QED) is 0.503. The summed E-state index contributed by atoms with van der Waals surface area (Å²) >= 11 is 0. The van der Waals surface area contributed by atoms with Crippen LogP contribution < -0.4 is 15.0 Å². The molecule has 0 aliphatic heterocycles. The standard InChI is InChI=1S/C22H29N3O6/c1-5-29-21-10-15(6-9-20(21)28-4)17-11-16(30-14(2)26)7-8-18(17)24-31-22(27)19-12-23-13-25(19)3/h6,9-10,12-13,16-18,24H,5,7-8,11H2,1-4H3. The van der Waals surface area contributed by atoms with Crippen LogP contribution in [0.1, 0.15) is 55.1 Å². The van der Waals surface area contributed by atoms with Gasteiger partial charge in [-0.25, -0.2) is 9.78 Å². The highest BCUT2D eigenvalue weighted by atomic mass is 16.7. The molecule has 9 nitrogen and oxygen atoms in total.